The third kappa shape index (κ3) is 3.23. The maximum Gasteiger partial charge on any atom is 0.276 e. The molecule has 1 saturated heterocycles. The summed E-state index contributed by atoms with van der Waals surface area (Å²) in [4.78, 5) is 8.86. The molecule has 2 aliphatic heterocycles. The summed E-state index contributed by atoms with van der Waals surface area (Å²) in [5.41, 5.74) is 2.80. The molecule has 0 amide bonds. The SMILES string of the molecule is c1ccc(C[NH+]2CCc3c(sc4c3c(NC[C@@H]3CCCO3)nc3nnnn34)C2)cc1. The van der Waals surface area contributed by atoms with E-state index < -0.39 is 0 Å². The molecule has 2 N–H and O–H groups in total. The second kappa shape index (κ2) is 7.57. The standard InChI is InChI=1S/C21H23N7OS/c1-2-5-14(6-3-1)12-27-9-8-16-17(13-27)30-20-18(16)19(22-11-15-7-4-10-29-15)23-21-24-25-26-28(20)21/h1-3,5-6,15H,4,7-13H2,(H,22,23,24,26)/p+1/t15-/m0/s1. The van der Waals surface area contributed by atoms with Crippen LogP contribution in [-0.2, 0) is 24.2 Å². The predicted molar refractivity (Wildman–Crippen MR) is 115 cm³/mol. The van der Waals surface area contributed by atoms with Crippen LogP contribution < -0.4 is 10.2 Å². The highest BCUT2D eigenvalue weighted by Crippen LogP contribution is 2.36. The van der Waals surface area contributed by atoms with Crippen molar-refractivity contribution < 1.29 is 9.64 Å². The van der Waals surface area contributed by atoms with Crippen LogP contribution in [-0.4, -0.2) is 50.8 Å². The number of benzene rings is 1. The van der Waals surface area contributed by atoms with Gasteiger partial charge in [0.1, 0.15) is 23.7 Å². The number of anilines is 1. The molecule has 9 heteroatoms. The number of aromatic nitrogens is 5. The smallest absolute Gasteiger partial charge is 0.276 e. The van der Waals surface area contributed by atoms with Crippen molar-refractivity contribution in [3.05, 3.63) is 46.3 Å². The summed E-state index contributed by atoms with van der Waals surface area (Å²) in [6, 6.07) is 10.8. The first-order valence-corrected chi connectivity index (χ1v) is 11.4. The molecule has 30 heavy (non-hydrogen) atoms. The van der Waals surface area contributed by atoms with Crippen molar-refractivity contribution in [2.75, 3.05) is 25.0 Å². The van der Waals surface area contributed by atoms with Crippen LogP contribution in [0.1, 0.15) is 28.8 Å². The van der Waals surface area contributed by atoms with Crippen molar-refractivity contribution in [2.45, 2.75) is 38.5 Å². The summed E-state index contributed by atoms with van der Waals surface area (Å²) in [5, 5.41) is 16.9. The Morgan fingerprint density at radius 3 is 3.07 bits per heavy atom. The zero-order chi connectivity index (χ0) is 19.9. The Hall–Kier alpha value is -2.62. The third-order valence-corrected chi connectivity index (χ3v) is 7.33. The molecule has 0 radical (unpaired) electrons. The molecule has 8 nitrogen and oxygen atoms in total. The number of thiophene rings is 1. The van der Waals surface area contributed by atoms with Gasteiger partial charge in [-0.1, -0.05) is 35.4 Å². The first kappa shape index (κ1) is 18.2. The molecule has 0 spiro atoms. The quantitative estimate of drug-likeness (QED) is 0.507. The van der Waals surface area contributed by atoms with Crippen LogP contribution in [0.4, 0.5) is 5.82 Å². The van der Waals surface area contributed by atoms with Crippen LogP contribution in [0.2, 0.25) is 0 Å². The largest absolute Gasteiger partial charge is 0.376 e. The van der Waals surface area contributed by atoms with Crippen molar-refractivity contribution in [1.29, 1.82) is 0 Å². The molecule has 2 atom stereocenters. The zero-order valence-electron chi connectivity index (χ0n) is 16.7. The second-order valence-corrected chi connectivity index (χ2v) is 9.22. The molecule has 5 heterocycles. The van der Waals surface area contributed by atoms with Crippen LogP contribution in [0.3, 0.4) is 0 Å². The van der Waals surface area contributed by atoms with E-state index in [1.54, 1.807) is 9.42 Å². The Morgan fingerprint density at radius 2 is 2.20 bits per heavy atom. The fourth-order valence-electron chi connectivity index (χ4n) is 4.63. The van der Waals surface area contributed by atoms with E-state index in [9.17, 15) is 0 Å². The molecular weight excluding hydrogens is 398 g/mol. The minimum Gasteiger partial charge on any atom is -0.376 e. The Bertz CT molecular complexity index is 1180. The number of quaternary nitrogens is 1. The molecule has 154 valence electrons. The van der Waals surface area contributed by atoms with E-state index in [4.69, 9.17) is 9.72 Å². The van der Waals surface area contributed by atoms with Crippen molar-refractivity contribution >= 4 is 33.1 Å². The molecule has 0 saturated carbocycles. The molecule has 0 aliphatic carbocycles. The highest BCUT2D eigenvalue weighted by Gasteiger charge is 2.28. The average molecular weight is 423 g/mol. The summed E-state index contributed by atoms with van der Waals surface area (Å²) < 4.78 is 7.57. The molecule has 1 fully saturated rings. The van der Waals surface area contributed by atoms with Crippen LogP contribution in [0.15, 0.2) is 30.3 Å². The van der Waals surface area contributed by atoms with Crippen molar-refractivity contribution in [3.8, 4) is 0 Å². The number of nitrogens with zero attached hydrogens (tertiary/aromatic N) is 5. The molecule has 2 aliphatic rings. The molecule has 1 unspecified atom stereocenters. The predicted octanol–water partition coefficient (Wildman–Crippen LogP) is 1.47. The fraction of sp³-hybridized carbons (Fsp3) is 0.429. The van der Waals surface area contributed by atoms with E-state index in [1.165, 1.54) is 21.4 Å². The van der Waals surface area contributed by atoms with Gasteiger partial charge in [-0.3, -0.25) is 0 Å². The molecule has 3 aromatic heterocycles. The van der Waals surface area contributed by atoms with Gasteiger partial charge in [0.2, 0.25) is 0 Å². The number of rotatable bonds is 5. The van der Waals surface area contributed by atoms with Gasteiger partial charge < -0.3 is 15.0 Å². The molecular formula is C21H24N7OS+. The maximum absolute atomic E-state index is 5.79. The van der Waals surface area contributed by atoms with E-state index in [0.29, 0.717) is 5.78 Å². The van der Waals surface area contributed by atoms with E-state index in [2.05, 4.69) is 51.2 Å². The Morgan fingerprint density at radius 1 is 1.27 bits per heavy atom. The maximum atomic E-state index is 5.79. The minimum absolute atomic E-state index is 0.259. The second-order valence-electron chi connectivity index (χ2n) is 8.14. The van der Waals surface area contributed by atoms with Gasteiger partial charge in [-0.15, -0.1) is 11.3 Å². The van der Waals surface area contributed by atoms with Gasteiger partial charge in [0, 0.05) is 25.1 Å². The first-order valence-electron chi connectivity index (χ1n) is 10.6. The normalized spacial score (nSPS) is 21.3. The fourth-order valence-corrected chi connectivity index (χ4v) is 6.00. The van der Waals surface area contributed by atoms with Gasteiger partial charge in [-0.05, 0) is 28.8 Å². The summed E-state index contributed by atoms with van der Waals surface area (Å²) >= 11 is 1.81. The number of tetrazole rings is 1. The lowest BCUT2D eigenvalue weighted by atomic mass is 10.0. The lowest BCUT2D eigenvalue weighted by Gasteiger charge is -2.24. The lowest BCUT2D eigenvalue weighted by Crippen LogP contribution is -3.10. The summed E-state index contributed by atoms with van der Waals surface area (Å²) in [6.45, 7) is 4.83. The number of hydrogen-bond donors (Lipinski definition) is 2. The van der Waals surface area contributed by atoms with E-state index in [0.717, 1.165) is 62.7 Å². The molecule has 1 aromatic carbocycles. The van der Waals surface area contributed by atoms with Gasteiger partial charge >= 0.3 is 0 Å². The van der Waals surface area contributed by atoms with Gasteiger partial charge in [-0.2, -0.15) is 9.50 Å². The summed E-state index contributed by atoms with van der Waals surface area (Å²) in [5.74, 6) is 1.44. The minimum atomic E-state index is 0.259. The van der Waals surface area contributed by atoms with Crippen LogP contribution in [0.5, 0.6) is 0 Å². The molecule has 4 aromatic rings. The van der Waals surface area contributed by atoms with E-state index in [-0.39, 0.29) is 6.10 Å². The van der Waals surface area contributed by atoms with Gasteiger partial charge in [0.25, 0.3) is 5.78 Å². The third-order valence-electron chi connectivity index (χ3n) is 6.12. The Kier molecular flexibility index (Phi) is 4.59. The van der Waals surface area contributed by atoms with E-state index >= 15 is 0 Å². The summed E-state index contributed by atoms with van der Waals surface area (Å²) in [6.07, 6.45) is 3.54. The number of ether oxygens (including phenoxy) is 1. The van der Waals surface area contributed by atoms with Crippen LogP contribution >= 0.6 is 11.3 Å². The number of nitrogens with one attached hydrogen (secondary N) is 2. The van der Waals surface area contributed by atoms with Gasteiger partial charge in [-0.25, -0.2) is 0 Å². The van der Waals surface area contributed by atoms with E-state index in [1.807, 2.05) is 11.3 Å². The van der Waals surface area contributed by atoms with Crippen LogP contribution in [0.25, 0.3) is 16.0 Å². The van der Waals surface area contributed by atoms with Crippen LogP contribution in [0, 0.1) is 0 Å². The first-order chi connectivity index (χ1) is 14.8. The van der Waals surface area contributed by atoms with Gasteiger partial charge in [0.15, 0.2) is 0 Å². The topological polar surface area (TPSA) is 81.7 Å². The highest BCUT2D eigenvalue weighted by atomic mass is 32.1. The Labute approximate surface area is 177 Å². The zero-order valence-corrected chi connectivity index (χ0v) is 17.5. The summed E-state index contributed by atoms with van der Waals surface area (Å²) in [7, 11) is 0. The molecule has 0 bridgehead atoms. The van der Waals surface area contributed by atoms with Crippen molar-refractivity contribution in [1.82, 2.24) is 25.0 Å². The average Bonchev–Trinajstić information content (AvgIpc) is 3.51. The number of fused-ring (bicyclic) bond motifs is 5. The van der Waals surface area contributed by atoms with Crippen molar-refractivity contribution in [2.24, 2.45) is 0 Å². The number of hydrogen-bond acceptors (Lipinski definition) is 7. The van der Waals surface area contributed by atoms with Crippen molar-refractivity contribution in [3.63, 3.8) is 0 Å². The Balaban J connectivity index is 1.35. The monoisotopic (exact) mass is 422 g/mol. The lowest BCUT2D eigenvalue weighted by molar-refractivity contribution is -0.929. The van der Waals surface area contributed by atoms with Gasteiger partial charge in [0.05, 0.1) is 22.9 Å². The molecule has 6 rings (SSSR count). The highest BCUT2D eigenvalue weighted by molar-refractivity contribution is 7.19.